The standard InChI is InChI=1S/C21H23N3O3S2/c1-16-8-9-19(27-2)20(14-16)29(25,26)24-12-10-23(11-13-24)21-22-18(15-28-21)17-6-4-3-5-7-17/h3-9,14-15H,10-13H2,1-2H3. The SMILES string of the molecule is COc1ccc(C)cc1S(=O)(=O)N1CCN(c2nc(-c3ccccc3)cs2)CC1. The molecule has 0 spiro atoms. The van der Waals surface area contributed by atoms with Gasteiger partial charge in [-0.25, -0.2) is 13.4 Å². The Morgan fingerprint density at radius 2 is 1.76 bits per heavy atom. The van der Waals surface area contributed by atoms with Crippen molar-refractivity contribution in [1.29, 1.82) is 0 Å². The molecule has 1 aromatic heterocycles. The number of piperazine rings is 1. The van der Waals surface area contributed by atoms with Crippen molar-refractivity contribution in [3.8, 4) is 17.0 Å². The molecule has 152 valence electrons. The Hall–Kier alpha value is -2.42. The van der Waals surface area contributed by atoms with Crippen LogP contribution in [-0.4, -0.2) is 51.0 Å². The van der Waals surface area contributed by atoms with E-state index >= 15 is 0 Å². The molecule has 6 nitrogen and oxygen atoms in total. The summed E-state index contributed by atoms with van der Waals surface area (Å²) in [7, 11) is -2.11. The highest BCUT2D eigenvalue weighted by molar-refractivity contribution is 7.89. The van der Waals surface area contributed by atoms with Crippen LogP contribution < -0.4 is 9.64 Å². The Morgan fingerprint density at radius 1 is 1.03 bits per heavy atom. The fourth-order valence-corrected chi connectivity index (χ4v) is 5.95. The van der Waals surface area contributed by atoms with Gasteiger partial charge in [-0.15, -0.1) is 11.3 Å². The minimum Gasteiger partial charge on any atom is -0.495 e. The molecule has 1 aliphatic rings. The van der Waals surface area contributed by atoms with Crippen molar-refractivity contribution in [2.24, 2.45) is 0 Å². The van der Waals surface area contributed by atoms with Crippen LogP contribution in [0.2, 0.25) is 0 Å². The predicted octanol–water partition coefficient (Wildman–Crippen LogP) is 3.64. The van der Waals surface area contributed by atoms with Crippen LogP contribution in [0, 0.1) is 6.92 Å². The van der Waals surface area contributed by atoms with Gasteiger partial charge in [0.25, 0.3) is 0 Å². The van der Waals surface area contributed by atoms with Crippen LogP contribution in [0.5, 0.6) is 5.75 Å². The zero-order valence-electron chi connectivity index (χ0n) is 16.4. The highest BCUT2D eigenvalue weighted by Gasteiger charge is 2.31. The van der Waals surface area contributed by atoms with Crippen molar-refractivity contribution in [3.05, 3.63) is 59.5 Å². The molecular formula is C21H23N3O3S2. The van der Waals surface area contributed by atoms with Gasteiger partial charge in [-0.2, -0.15) is 4.31 Å². The third kappa shape index (κ3) is 4.01. The number of aromatic nitrogens is 1. The van der Waals surface area contributed by atoms with E-state index in [1.165, 1.54) is 11.4 Å². The zero-order valence-corrected chi connectivity index (χ0v) is 18.0. The third-order valence-corrected chi connectivity index (χ3v) is 7.83. The Kier molecular flexibility index (Phi) is 5.58. The molecule has 0 atom stereocenters. The van der Waals surface area contributed by atoms with Crippen LogP contribution in [-0.2, 0) is 10.0 Å². The summed E-state index contributed by atoms with van der Waals surface area (Å²) in [5.41, 5.74) is 2.92. The fraction of sp³-hybridized carbons (Fsp3) is 0.286. The molecule has 2 heterocycles. The number of hydrogen-bond acceptors (Lipinski definition) is 6. The first-order valence-electron chi connectivity index (χ1n) is 9.40. The van der Waals surface area contributed by atoms with E-state index in [1.807, 2.05) is 48.7 Å². The van der Waals surface area contributed by atoms with E-state index < -0.39 is 10.0 Å². The van der Waals surface area contributed by atoms with Crippen LogP contribution in [0.25, 0.3) is 11.3 Å². The number of thiazole rings is 1. The lowest BCUT2D eigenvalue weighted by atomic mass is 10.2. The Morgan fingerprint density at radius 3 is 2.45 bits per heavy atom. The second kappa shape index (κ2) is 8.14. The molecule has 0 aliphatic carbocycles. The molecule has 2 aromatic carbocycles. The van der Waals surface area contributed by atoms with Gasteiger partial charge in [0.05, 0.1) is 12.8 Å². The summed E-state index contributed by atoms with van der Waals surface area (Å²) in [5, 5.41) is 2.97. The molecule has 1 aliphatic heterocycles. The van der Waals surface area contributed by atoms with Crippen LogP contribution in [0.3, 0.4) is 0 Å². The average molecular weight is 430 g/mol. The lowest BCUT2D eigenvalue weighted by molar-refractivity contribution is 0.374. The highest BCUT2D eigenvalue weighted by Crippen LogP contribution is 2.31. The molecule has 0 radical (unpaired) electrons. The summed E-state index contributed by atoms with van der Waals surface area (Å²) < 4.78 is 33.2. The van der Waals surface area contributed by atoms with E-state index in [0.29, 0.717) is 31.9 Å². The monoisotopic (exact) mass is 429 g/mol. The summed E-state index contributed by atoms with van der Waals surface area (Å²) in [6, 6.07) is 15.3. The minimum atomic E-state index is -3.61. The third-order valence-electron chi connectivity index (χ3n) is 5.01. The topological polar surface area (TPSA) is 62.7 Å². The van der Waals surface area contributed by atoms with Crippen molar-refractivity contribution in [3.63, 3.8) is 0 Å². The fourth-order valence-electron chi connectivity index (χ4n) is 3.40. The molecule has 0 saturated carbocycles. The van der Waals surface area contributed by atoms with Gasteiger partial charge in [0.2, 0.25) is 10.0 Å². The van der Waals surface area contributed by atoms with Crippen molar-refractivity contribution in [2.45, 2.75) is 11.8 Å². The number of aryl methyl sites for hydroxylation is 1. The van der Waals surface area contributed by atoms with E-state index in [1.54, 1.807) is 23.5 Å². The maximum absolute atomic E-state index is 13.2. The van der Waals surface area contributed by atoms with Gasteiger partial charge in [0, 0.05) is 37.1 Å². The van der Waals surface area contributed by atoms with E-state index in [9.17, 15) is 8.42 Å². The number of ether oxygens (including phenoxy) is 1. The van der Waals surface area contributed by atoms with Crippen LogP contribution >= 0.6 is 11.3 Å². The van der Waals surface area contributed by atoms with E-state index in [4.69, 9.17) is 9.72 Å². The van der Waals surface area contributed by atoms with Crippen molar-refractivity contribution >= 4 is 26.5 Å². The maximum atomic E-state index is 13.2. The first kappa shape index (κ1) is 19.9. The number of anilines is 1. The number of hydrogen-bond donors (Lipinski definition) is 0. The maximum Gasteiger partial charge on any atom is 0.246 e. The smallest absolute Gasteiger partial charge is 0.246 e. The summed E-state index contributed by atoms with van der Waals surface area (Å²) in [6.07, 6.45) is 0. The predicted molar refractivity (Wildman–Crippen MR) is 116 cm³/mol. The van der Waals surface area contributed by atoms with Crippen molar-refractivity contribution in [1.82, 2.24) is 9.29 Å². The number of rotatable bonds is 5. The highest BCUT2D eigenvalue weighted by atomic mass is 32.2. The molecule has 0 bridgehead atoms. The Balaban J connectivity index is 1.49. The molecular weight excluding hydrogens is 406 g/mol. The van der Waals surface area contributed by atoms with Crippen LogP contribution in [0.1, 0.15) is 5.56 Å². The van der Waals surface area contributed by atoms with Gasteiger partial charge in [0.1, 0.15) is 10.6 Å². The molecule has 1 saturated heterocycles. The Bertz CT molecular complexity index is 1090. The van der Waals surface area contributed by atoms with Gasteiger partial charge < -0.3 is 9.64 Å². The second-order valence-electron chi connectivity index (χ2n) is 6.93. The summed E-state index contributed by atoms with van der Waals surface area (Å²) >= 11 is 1.59. The molecule has 3 aromatic rings. The molecule has 0 N–H and O–H groups in total. The van der Waals surface area contributed by atoms with Gasteiger partial charge in [-0.3, -0.25) is 0 Å². The van der Waals surface area contributed by atoms with Gasteiger partial charge in [-0.05, 0) is 24.6 Å². The number of nitrogens with zero attached hydrogens (tertiary/aromatic N) is 3. The Labute approximate surface area is 175 Å². The lowest BCUT2D eigenvalue weighted by Gasteiger charge is -2.34. The lowest BCUT2D eigenvalue weighted by Crippen LogP contribution is -2.48. The first-order valence-corrected chi connectivity index (χ1v) is 11.7. The van der Waals surface area contributed by atoms with Gasteiger partial charge in [0.15, 0.2) is 5.13 Å². The second-order valence-corrected chi connectivity index (χ2v) is 9.67. The normalized spacial score (nSPS) is 15.4. The molecule has 1 fully saturated rings. The largest absolute Gasteiger partial charge is 0.495 e. The number of sulfonamides is 1. The molecule has 0 amide bonds. The van der Waals surface area contributed by atoms with Crippen LogP contribution in [0.4, 0.5) is 5.13 Å². The van der Waals surface area contributed by atoms with Gasteiger partial charge >= 0.3 is 0 Å². The van der Waals surface area contributed by atoms with Gasteiger partial charge in [-0.1, -0.05) is 36.4 Å². The summed E-state index contributed by atoms with van der Waals surface area (Å²) in [4.78, 5) is 7.13. The van der Waals surface area contributed by atoms with E-state index in [2.05, 4.69) is 4.90 Å². The van der Waals surface area contributed by atoms with Crippen molar-refractivity contribution in [2.75, 3.05) is 38.2 Å². The minimum absolute atomic E-state index is 0.231. The molecule has 0 unspecified atom stereocenters. The molecule has 8 heteroatoms. The summed E-state index contributed by atoms with van der Waals surface area (Å²) in [5.74, 6) is 0.380. The molecule has 4 rings (SSSR count). The zero-order chi connectivity index (χ0) is 20.4. The summed E-state index contributed by atoms with van der Waals surface area (Å²) in [6.45, 7) is 3.92. The number of benzene rings is 2. The number of methoxy groups -OCH3 is 1. The molecule has 29 heavy (non-hydrogen) atoms. The van der Waals surface area contributed by atoms with E-state index in [-0.39, 0.29) is 4.90 Å². The van der Waals surface area contributed by atoms with Crippen LogP contribution in [0.15, 0.2) is 58.8 Å². The first-order chi connectivity index (χ1) is 14.0. The quantitative estimate of drug-likeness (QED) is 0.620. The average Bonchev–Trinajstić information content (AvgIpc) is 3.25. The van der Waals surface area contributed by atoms with E-state index in [0.717, 1.165) is 22.0 Å². The van der Waals surface area contributed by atoms with Crippen molar-refractivity contribution < 1.29 is 13.2 Å².